The number of benzene rings is 2. The van der Waals surface area contributed by atoms with Crippen molar-refractivity contribution in [1.82, 2.24) is 10.9 Å². The van der Waals surface area contributed by atoms with Crippen LogP contribution in [0.4, 0.5) is 4.39 Å². The van der Waals surface area contributed by atoms with Crippen LogP contribution >= 0.6 is 0 Å². The molecular formula is C18H19FN2O4. The van der Waals surface area contributed by atoms with Crippen molar-refractivity contribution in [3.63, 3.8) is 0 Å². The Hall–Kier alpha value is -3.09. The smallest absolute Gasteiger partial charge is 0.276 e. The Balaban J connectivity index is 1.68. The molecule has 0 saturated heterocycles. The van der Waals surface area contributed by atoms with E-state index in [0.717, 1.165) is 11.1 Å². The summed E-state index contributed by atoms with van der Waals surface area (Å²) in [5.74, 6) is -0.522. The second-order valence-corrected chi connectivity index (χ2v) is 5.45. The summed E-state index contributed by atoms with van der Waals surface area (Å²) in [5, 5.41) is 0. The van der Waals surface area contributed by atoms with Crippen LogP contribution in [0.3, 0.4) is 0 Å². The molecule has 6 nitrogen and oxygen atoms in total. The van der Waals surface area contributed by atoms with Crippen molar-refractivity contribution in [3.05, 3.63) is 59.4 Å². The molecule has 132 valence electrons. The number of carbonyl (C=O) groups is 2. The molecule has 2 N–H and O–H groups in total. The third-order valence-electron chi connectivity index (χ3n) is 3.09. The van der Waals surface area contributed by atoms with E-state index in [9.17, 15) is 14.0 Å². The molecular weight excluding hydrogens is 327 g/mol. The highest BCUT2D eigenvalue weighted by molar-refractivity contribution is 5.83. The van der Waals surface area contributed by atoms with Crippen molar-refractivity contribution < 1.29 is 23.5 Å². The van der Waals surface area contributed by atoms with Crippen LogP contribution in [0, 0.1) is 19.7 Å². The quantitative estimate of drug-likeness (QED) is 0.785. The zero-order valence-corrected chi connectivity index (χ0v) is 14.0. The van der Waals surface area contributed by atoms with Gasteiger partial charge in [0.1, 0.15) is 17.3 Å². The molecule has 2 aromatic carbocycles. The molecule has 25 heavy (non-hydrogen) atoms. The zero-order valence-electron chi connectivity index (χ0n) is 14.0. The van der Waals surface area contributed by atoms with Crippen molar-refractivity contribution in [1.29, 1.82) is 0 Å². The van der Waals surface area contributed by atoms with Gasteiger partial charge in [-0.2, -0.15) is 0 Å². The first-order chi connectivity index (χ1) is 11.9. The summed E-state index contributed by atoms with van der Waals surface area (Å²) in [5.41, 5.74) is 6.49. The number of ether oxygens (including phenoxy) is 2. The van der Waals surface area contributed by atoms with E-state index >= 15 is 0 Å². The number of hydrazine groups is 1. The predicted octanol–water partition coefficient (Wildman–Crippen LogP) is 2.05. The van der Waals surface area contributed by atoms with Gasteiger partial charge in [-0.1, -0.05) is 6.07 Å². The van der Waals surface area contributed by atoms with E-state index in [4.69, 9.17) is 9.47 Å². The van der Waals surface area contributed by atoms with Gasteiger partial charge >= 0.3 is 0 Å². The molecule has 2 aromatic rings. The summed E-state index contributed by atoms with van der Waals surface area (Å²) in [6.45, 7) is 3.31. The van der Waals surface area contributed by atoms with E-state index in [1.807, 2.05) is 32.0 Å². The molecule has 7 heteroatoms. The molecule has 0 unspecified atom stereocenters. The first-order valence-corrected chi connectivity index (χ1v) is 7.59. The van der Waals surface area contributed by atoms with Crippen molar-refractivity contribution in [3.8, 4) is 11.5 Å². The summed E-state index contributed by atoms with van der Waals surface area (Å²) in [6, 6.07) is 10.9. The highest BCUT2D eigenvalue weighted by Gasteiger charge is 2.07. The number of hydrogen-bond acceptors (Lipinski definition) is 4. The number of rotatable bonds is 6. The molecule has 0 aliphatic carbocycles. The van der Waals surface area contributed by atoms with Gasteiger partial charge in [-0.05, 0) is 61.4 Å². The summed E-state index contributed by atoms with van der Waals surface area (Å²) >= 11 is 0. The molecule has 0 aliphatic rings. The highest BCUT2D eigenvalue weighted by atomic mass is 19.1. The first kappa shape index (κ1) is 18.3. The minimum Gasteiger partial charge on any atom is -0.484 e. The van der Waals surface area contributed by atoms with Gasteiger partial charge in [0.2, 0.25) is 0 Å². The van der Waals surface area contributed by atoms with E-state index in [0.29, 0.717) is 11.5 Å². The largest absolute Gasteiger partial charge is 0.484 e. The number of hydrogen-bond donors (Lipinski definition) is 2. The lowest BCUT2D eigenvalue weighted by molar-refractivity contribution is -0.131. The maximum absolute atomic E-state index is 12.7. The van der Waals surface area contributed by atoms with E-state index in [-0.39, 0.29) is 13.2 Å². The Bertz CT molecular complexity index is 727. The Morgan fingerprint density at radius 1 is 0.840 bits per heavy atom. The Morgan fingerprint density at radius 2 is 1.32 bits per heavy atom. The van der Waals surface area contributed by atoms with Crippen LogP contribution in [0.15, 0.2) is 42.5 Å². The molecule has 0 saturated carbocycles. The van der Waals surface area contributed by atoms with Gasteiger partial charge in [0.05, 0.1) is 0 Å². The third kappa shape index (κ3) is 6.50. The van der Waals surface area contributed by atoms with Gasteiger partial charge in [0.25, 0.3) is 11.8 Å². The molecule has 2 rings (SSSR count). The monoisotopic (exact) mass is 346 g/mol. The average molecular weight is 346 g/mol. The van der Waals surface area contributed by atoms with Crippen LogP contribution < -0.4 is 20.3 Å². The molecule has 0 aliphatic heterocycles. The fourth-order valence-corrected chi connectivity index (χ4v) is 2.06. The zero-order chi connectivity index (χ0) is 18.2. The summed E-state index contributed by atoms with van der Waals surface area (Å²) in [6.07, 6.45) is 0. The van der Waals surface area contributed by atoms with Gasteiger partial charge < -0.3 is 9.47 Å². The fourth-order valence-electron chi connectivity index (χ4n) is 2.06. The van der Waals surface area contributed by atoms with Gasteiger partial charge in [0.15, 0.2) is 13.2 Å². The van der Waals surface area contributed by atoms with E-state index in [1.54, 1.807) is 0 Å². The SMILES string of the molecule is Cc1cc(C)cc(OCC(=O)NNC(=O)COc2ccc(F)cc2)c1. The number of aryl methyl sites for hydroxylation is 2. The Morgan fingerprint density at radius 3 is 1.84 bits per heavy atom. The van der Waals surface area contributed by atoms with Crippen LogP contribution in [0.1, 0.15) is 11.1 Å². The Kier molecular flexibility index (Phi) is 6.33. The van der Waals surface area contributed by atoms with Gasteiger partial charge in [-0.3, -0.25) is 20.4 Å². The maximum atomic E-state index is 12.7. The highest BCUT2D eigenvalue weighted by Crippen LogP contribution is 2.15. The van der Waals surface area contributed by atoms with Gasteiger partial charge in [0, 0.05) is 0 Å². The molecule has 0 fully saturated rings. The lowest BCUT2D eigenvalue weighted by atomic mass is 10.1. The lowest BCUT2D eigenvalue weighted by Crippen LogP contribution is -2.45. The third-order valence-corrected chi connectivity index (χ3v) is 3.09. The second-order valence-electron chi connectivity index (χ2n) is 5.45. The molecule has 0 radical (unpaired) electrons. The van der Waals surface area contributed by atoms with Gasteiger partial charge in [-0.25, -0.2) is 4.39 Å². The van der Waals surface area contributed by atoms with Crippen molar-refractivity contribution >= 4 is 11.8 Å². The molecule has 2 amide bonds. The predicted molar refractivity (Wildman–Crippen MR) is 89.6 cm³/mol. The molecule has 0 atom stereocenters. The van der Waals surface area contributed by atoms with Gasteiger partial charge in [-0.15, -0.1) is 0 Å². The van der Waals surface area contributed by atoms with Crippen LogP contribution in [0.2, 0.25) is 0 Å². The number of nitrogens with one attached hydrogen (secondary N) is 2. The molecule has 0 spiro atoms. The van der Waals surface area contributed by atoms with Crippen LogP contribution in [0.25, 0.3) is 0 Å². The number of carbonyl (C=O) groups excluding carboxylic acids is 2. The summed E-state index contributed by atoms with van der Waals surface area (Å²) in [4.78, 5) is 23.3. The van der Waals surface area contributed by atoms with Crippen LogP contribution in [-0.2, 0) is 9.59 Å². The van der Waals surface area contributed by atoms with Crippen molar-refractivity contribution in [2.24, 2.45) is 0 Å². The molecule has 0 bridgehead atoms. The average Bonchev–Trinajstić information content (AvgIpc) is 2.57. The van der Waals surface area contributed by atoms with Crippen molar-refractivity contribution in [2.75, 3.05) is 13.2 Å². The molecule has 0 aromatic heterocycles. The van der Waals surface area contributed by atoms with Crippen LogP contribution in [-0.4, -0.2) is 25.0 Å². The maximum Gasteiger partial charge on any atom is 0.276 e. The van der Waals surface area contributed by atoms with E-state index in [1.165, 1.54) is 24.3 Å². The summed E-state index contributed by atoms with van der Waals surface area (Å²) in [7, 11) is 0. The minimum atomic E-state index is -0.552. The van der Waals surface area contributed by atoms with E-state index in [2.05, 4.69) is 10.9 Å². The second kappa shape index (κ2) is 8.68. The number of amides is 2. The standard InChI is InChI=1S/C18H19FN2O4/c1-12-7-13(2)9-16(8-12)25-11-18(23)21-20-17(22)10-24-15-5-3-14(19)4-6-15/h3-9H,10-11H2,1-2H3,(H,20,22)(H,21,23). The van der Waals surface area contributed by atoms with Crippen LogP contribution in [0.5, 0.6) is 11.5 Å². The topological polar surface area (TPSA) is 76.7 Å². The minimum absolute atomic E-state index is 0.234. The molecule has 0 heterocycles. The number of halogens is 1. The van der Waals surface area contributed by atoms with Crippen molar-refractivity contribution in [2.45, 2.75) is 13.8 Å². The van der Waals surface area contributed by atoms with E-state index < -0.39 is 17.6 Å². The lowest BCUT2D eigenvalue weighted by Gasteiger charge is -2.10. The normalized spacial score (nSPS) is 10.0. The first-order valence-electron chi connectivity index (χ1n) is 7.59. The summed E-state index contributed by atoms with van der Waals surface area (Å²) < 4.78 is 23.3. The fraction of sp³-hybridized carbons (Fsp3) is 0.222. The Labute approximate surface area is 144 Å².